The van der Waals surface area contributed by atoms with Crippen LogP contribution in [0.15, 0.2) is 18.7 Å². The Bertz CT molecular complexity index is 323. The third-order valence-electron chi connectivity index (χ3n) is 1.24. The molecule has 0 aliphatic carbocycles. The lowest BCUT2D eigenvalue weighted by Gasteiger charge is -2.04. The molecule has 0 heterocycles. The predicted octanol–water partition coefficient (Wildman–Crippen LogP) is 2.47. The fraction of sp³-hybridized carbons (Fsp3) is 0.111. The molecule has 4 heteroatoms. The molecule has 0 amide bonds. The van der Waals surface area contributed by atoms with Gasteiger partial charge in [-0.15, -0.1) is 0 Å². The van der Waals surface area contributed by atoms with Crippen LogP contribution in [-0.4, -0.2) is 6.61 Å². The van der Waals surface area contributed by atoms with Gasteiger partial charge in [-0.1, -0.05) is 12.7 Å². The molecule has 0 aromatic heterocycles. The SMILES string of the molecule is C=CCOc1[c]c(F)cc(F)c1F. The van der Waals surface area contributed by atoms with Crippen molar-refractivity contribution < 1.29 is 17.9 Å². The summed E-state index contributed by atoms with van der Waals surface area (Å²) in [6.45, 7) is 3.27. The van der Waals surface area contributed by atoms with Crippen molar-refractivity contribution in [1.29, 1.82) is 0 Å². The maximum absolute atomic E-state index is 12.8. The predicted molar refractivity (Wildman–Crippen MR) is 40.8 cm³/mol. The van der Waals surface area contributed by atoms with Gasteiger partial charge < -0.3 is 4.74 Å². The Kier molecular flexibility index (Phi) is 2.95. The Labute approximate surface area is 73.4 Å². The van der Waals surface area contributed by atoms with Crippen LogP contribution >= 0.6 is 0 Å². The third kappa shape index (κ3) is 2.24. The molecule has 1 rings (SSSR count). The van der Waals surface area contributed by atoms with Gasteiger partial charge in [0.05, 0.1) is 6.07 Å². The summed E-state index contributed by atoms with van der Waals surface area (Å²) in [6, 6.07) is 2.30. The highest BCUT2D eigenvalue weighted by Crippen LogP contribution is 2.20. The Morgan fingerprint density at radius 2 is 2.15 bits per heavy atom. The smallest absolute Gasteiger partial charge is 0.201 e. The summed E-state index contributed by atoms with van der Waals surface area (Å²) in [4.78, 5) is 0. The van der Waals surface area contributed by atoms with E-state index in [4.69, 9.17) is 0 Å². The first-order valence-electron chi connectivity index (χ1n) is 3.45. The van der Waals surface area contributed by atoms with Crippen molar-refractivity contribution >= 4 is 0 Å². The zero-order valence-electron chi connectivity index (χ0n) is 6.61. The topological polar surface area (TPSA) is 9.23 Å². The minimum absolute atomic E-state index is 0.0314. The Morgan fingerprint density at radius 1 is 1.46 bits per heavy atom. The van der Waals surface area contributed by atoms with Crippen molar-refractivity contribution in [3.05, 3.63) is 42.2 Å². The summed E-state index contributed by atoms with van der Waals surface area (Å²) in [5.41, 5.74) is 0. The molecule has 0 N–H and O–H groups in total. The van der Waals surface area contributed by atoms with Gasteiger partial charge in [-0.3, -0.25) is 0 Å². The van der Waals surface area contributed by atoms with Crippen molar-refractivity contribution in [3.8, 4) is 5.75 Å². The van der Waals surface area contributed by atoms with Crippen LogP contribution in [-0.2, 0) is 0 Å². The quantitative estimate of drug-likeness (QED) is 0.521. The average Bonchev–Trinajstić information content (AvgIpc) is 2.09. The van der Waals surface area contributed by atoms with E-state index in [2.05, 4.69) is 11.3 Å². The molecule has 0 atom stereocenters. The van der Waals surface area contributed by atoms with Gasteiger partial charge in [0.1, 0.15) is 12.4 Å². The third-order valence-corrected chi connectivity index (χ3v) is 1.24. The highest BCUT2D eigenvalue weighted by atomic mass is 19.2. The maximum atomic E-state index is 12.8. The van der Waals surface area contributed by atoms with Crippen molar-refractivity contribution in [2.75, 3.05) is 6.61 Å². The molecule has 0 fully saturated rings. The van der Waals surface area contributed by atoms with E-state index in [0.29, 0.717) is 6.07 Å². The summed E-state index contributed by atoms with van der Waals surface area (Å²) >= 11 is 0. The molecule has 0 aliphatic heterocycles. The number of rotatable bonds is 3. The normalized spacial score (nSPS) is 9.77. The Hall–Kier alpha value is -1.45. The number of hydrogen-bond donors (Lipinski definition) is 0. The number of halogens is 3. The van der Waals surface area contributed by atoms with Gasteiger partial charge in [-0.2, -0.15) is 4.39 Å². The largest absolute Gasteiger partial charge is 0.486 e. The molecule has 0 bridgehead atoms. The minimum atomic E-state index is -1.30. The van der Waals surface area contributed by atoms with E-state index in [1.165, 1.54) is 6.08 Å². The van der Waals surface area contributed by atoms with Crippen LogP contribution in [0, 0.1) is 23.5 Å². The van der Waals surface area contributed by atoms with E-state index in [-0.39, 0.29) is 6.61 Å². The zero-order valence-corrected chi connectivity index (χ0v) is 6.61. The first kappa shape index (κ1) is 9.64. The van der Waals surface area contributed by atoms with Crippen LogP contribution in [0.2, 0.25) is 0 Å². The van der Waals surface area contributed by atoms with Crippen LogP contribution < -0.4 is 4.74 Å². The van der Waals surface area contributed by atoms with Gasteiger partial charge in [0.2, 0.25) is 5.82 Å². The van der Waals surface area contributed by atoms with E-state index in [9.17, 15) is 13.2 Å². The van der Waals surface area contributed by atoms with Crippen LogP contribution in [0.5, 0.6) is 5.75 Å². The molecule has 0 unspecified atom stereocenters. The second-order valence-electron chi connectivity index (χ2n) is 2.21. The first-order chi connectivity index (χ1) is 6.15. The summed E-state index contributed by atoms with van der Waals surface area (Å²) in [5.74, 6) is -4.12. The van der Waals surface area contributed by atoms with E-state index in [0.717, 1.165) is 0 Å². The lowest BCUT2D eigenvalue weighted by atomic mass is 10.3. The molecular weight excluding hydrogens is 181 g/mol. The summed E-state index contributed by atoms with van der Waals surface area (Å²) in [7, 11) is 0. The van der Waals surface area contributed by atoms with Gasteiger partial charge in [0.25, 0.3) is 0 Å². The van der Waals surface area contributed by atoms with Crippen LogP contribution in [0.3, 0.4) is 0 Å². The van der Waals surface area contributed by atoms with Crippen molar-refractivity contribution in [1.82, 2.24) is 0 Å². The molecule has 1 nitrogen and oxygen atoms in total. The van der Waals surface area contributed by atoms with Crippen molar-refractivity contribution in [2.24, 2.45) is 0 Å². The van der Waals surface area contributed by atoms with Gasteiger partial charge in [-0.25, -0.2) is 8.78 Å². The Morgan fingerprint density at radius 3 is 2.77 bits per heavy atom. The molecule has 13 heavy (non-hydrogen) atoms. The van der Waals surface area contributed by atoms with E-state index in [1.807, 2.05) is 6.07 Å². The molecule has 69 valence electrons. The Balaban J connectivity index is 2.98. The summed E-state index contributed by atoms with van der Waals surface area (Å²) in [5, 5.41) is 0. The van der Waals surface area contributed by atoms with E-state index < -0.39 is 23.2 Å². The molecule has 0 saturated carbocycles. The monoisotopic (exact) mass is 187 g/mol. The van der Waals surface area contributed by atoms with E-state index >= 15 is 0 Å². The molecule has 1 aromatic rings. The molecule has 1 radical (unpaired) electrons. The first-order valence-corrected chi connectivity index (χ1v) is 3.45. The van der Waals surface area contributed by atoms with Crippen LogP contribution in [0.4, 0.5) is 13.2 Å². The zero-order chi connectivity index (χ0) is 9.84. The van der Waals surface area contributed by atoms with Gasteiger partial charge in [0, 0.05) is 6.07 Å². The van der Waals surface area contributed by atoms with Crippen LogP contribution in [0.25, 0.3) is 0 Å². The second-order valence-corrected chi connectivity index (χ2v) is 2.21. The summed E-state index contributed by atoms with van der Waals surface area (Å²) in [6.07, 6.45) is 1.33. The molecule has 0 aliphatic rings. The van der Waals surface area contributed by atoms with Gasteiger partial charge in [-0.05, 0) is 0 Å². The average molecular weight is 187 g/mol. The molecule has 0 spiro atoms. The lowest BCUT2D eigenvalue weighted by Crippen LogP contribution is -1.99. The van der Waals surface area contributed by atoms with Gasteiger partial charge in [0.15, 0.2) is 11.6 Å². The van der Waals surface area contributed by atoms with Crippen molar-refractivity contribution in [3.63, 3.8) is 0 Å². The summed E-state index contributed by atoms with van der Waals surface area (Å²) < 4.78 is 42.4. The van der Waals surface area contributed by atoms with Crippen molar-refractivity contribution in [2.45, 2.75) is 0 Å². The van der Waals surface area contributed by atoms with Crippen LogP contribution in [0.1, 0.15) is 0 Å². The minimum Gasteiger partial charge on any atom is -0.486 e. The van der Waals surface area contributed by atoms with E-state index in [1.54, 1.807) is 0 Å². The number of hydrogen-bond acceptors (Lipinski definition) is 1. The fourth-order valence-electron chi connectivity index (χ4n) is 0.724. The molecule has 0 saturated heterocycles. The second kappa shape index (κ2) is 3.98. The maximum Gasteiger partial charge on any atom is 0.201 e. The number of ether oxygens (including phenoxy) is 1. The number of benzene rings is 1. The lowest BCUT2D eigenvalue weighted by molar-refractivity contribution is 0.328. The standard InChI is InChI=1S/C9H6F3O/c1-2-3-13-8-5-6(10)4-7(11)9(8)12/h2,4H,1,3H2. The molecule has 1 aromatic carbocycles. The fourth-order valence-corrected chi connectivity index (χ4v) is 0.724. The highest BCUT2D eigenvalue weighted by Gasteiger charge is 2.11. The highest BCUT2D eigenvalue weighted by molar-refractivity contribution is 5.24. The van der Waals surface area contributed by atoms with Gasteiger partial charge >= 0.3 is 0 Å². The molecular formula is C9H6F3O.